The van der Waals surface area contributed by atoms with Crippen LogP contribution in [0.4, 0.5) is 0 Å². The van der Waals surface area contributed by atoms with Crippen LogP contribution in [0.2, 0.25) is 0 Å². The van der Waals surface area contributed by atoms with Gasteiger partial charge in [-0.1, -0.05) is 6.08 Å². The lowest BCUT2D eigenvalue weighted by Crippen LogP contribution is -2.23. The average molecular weight is 340 g/mol. The van der Waals surface area contributed by atoms with Gasteiger partial charge in [0, 0.05) is 37.0 Å². The first-order valence-electron chi connectivity index (χ1n) is 6.37. The van der Waals surface area contributed by atoms with E-state index in [0.29, 0.717) is 10.6 Å². The van der Waals surface area contributed by atoms with E-state index in [9.17, 15) is 13.2 Å². The maximum absolute atomic E-state index is 12.1. The molecule has 1 N–H and O–H groups in total. The van der Waals surface area contributed by atoms with Crippen LogP contribution < -0.4 is 5.32 Å². The van der Waals surface area contributed by atoms with Crippen molar-refractivity contribution in [2.75, 3.05) is 12.8 Å². The molecule has 7 nitrogen and oxygen atoms in total. The average Bonchev–Trinajstić information content (AvgIpc) is 2.99. The van der Waals surface area contributed by atoms with Crippen LogP contribution >= 0.6 is 11.3 Å². The number of aryl methyl sites for hydroxylation is 2. The molecule has 0 radical (unpaired) electrons. The Morgan fingerprint density at radius 1 is 1.50 bits per heavy atom. The molecule has 0 bridgehead atoms. The summed E-state index contributed by atoms with van der Waals surface area (Å²) < 4.78 is 23.6. The molecule has 0 saturated heterocycles. The molecule has 0 aliphatic carbocycles. The molecule has 0 spiro atoms. The van der Waals surface area contributed by atoms with Gasteiger partial charge >= 0.3 is 0 Å². The van der Waals surface area contributed by atoms with Gasteiger partial charge in [-0.25, -0.2) is 13.4 Å². The number of sulfone groups is 1. The second-order valence-electron chi connectivity index (χ2n) is 4.75. The summed E-state index contributed by atoms with van der Waals surface area (Å²) in [6.45, 7) is 1.91. The number of thiazole rings is 1. The molecule has 2 heterocycles. The zero-order valence-corrected chi connectivity index (χ0v) is 14.0. The fourth-order valence-corrected chi connectivity index (χ4v) is 3.12. The smallest absolute Gasteiger partial charge is 0.263 e. The maximum atomic E-state index is 12.1. The number of hydrogen-bond donors (Lipinski definition) is 1. The first-order valence-corrected chi connectivity index (χ1v) is 9.14. The Morgan fingerprint density at radius 3 is 2.82 bits per heavy atom. The number of aromatic nitrogens is 3. The van der Waals surface area contributed by atoms with Crippen molar-refractivity contribution in [1.29, 1.82) is 0 Å². The molecular weight excluding hydrogens is 324 g/mol. The van der Waals surface area contributed by atoms with E-state index in [-0.39, 0.29) is 12.5 Å². The standard InChI is InChI=1S/C13H16N4O3S2/c1-9-11(12(18)14-5-4-6-22(3,19)20)21-13(16-9)10-7-15-17(2)8-10/h4,6-8H,5H2,1-3H3,(H,14,18)/b6-4+. The van der Waals surface area contributed by atoms with Crippen molar-refractivity contribution in [3.63, 3.8) is 0 Å². The van der Waals surface area contributed by atoms with Crippen molar-refractivity contribution in [2.24, 2.45) is 7.05 Å². The van der Waals surface area contributed by atoms with E-state index in [1.54, 1.807) is 17.8 Å². The molecule has 0 aromatic carbocycles. The lowest BCUT2D eigenvalue weighted by atomic mass is 10.3. The van der Waals surface area contributed by atoms with E-state index in [1.807, 2.05) is 13.2 Å². The molecule has 0 saturated carbocycles. The van der Waals surface area contributed by atoms with Gasteiger partial charge < -0.3 is 5.32 Å². The molecule has 9 heteroatoms. The quantitative estimate of drug-likeness (QED) is 0.881. The Hall–Kier alpha value is -2.00. The van der Waals surface area contributed by atoms with Crippen LogP contribution in [0.1, 0.15) is 15.4 Å². The van der Waals surface area contributed by atoms with Crippen LogP contribution in [-0.4, -0.2) is 41.9 Å². The third-order valence-corrected chi connectivity index (χ3v) is 4.57. The van der Waals surface area contributed by atoms with Crippen molar-refractivity contribution >= 4 is 27.1 Å². The molecule has 22 heavy (non-hydrogen) atoms. The maximum Gasteiger partial charge on any atom is 0.263 e. The zero-order valence-electron chi connectivity index (χ0n) is 12.4. The fourth-order valence-electron chi connectivity index (χ4n) is 1.72. The van der Waals surface area contributed by atoms with Crippen LogP contribution in [0.15, 0.2) is 23.9 Å². The SMILES string of the molecule is Cc1nc(-c2cnn(C)c2)sc1C(=O)NC/C=C/S(C)(=O)=O. The Kier molecular flexibility index (Phi) is 4.77. The Morgan fingerprint density at radius 2 is 2.23 bits per heavy atom. The molecule has 0 atom stereocenters. The second kappa shape index (κ2) is 6.41. The predicted octanol–water partition coefficient (Wildman–Crippen LogP) is 1.14. The summed E-state index contributed by atoms with van der Waals surface area (Å²) in [4.78, 5) is 17.0. The Bertz CT molecular complexity index is 818. The van der Waals surface area contributed by atoms with E-state index in [4.69, 9.17) is 0 Å². The van der Waals surface area contributed by atoms with E-state index >= 15 is 0 Å². The van der Waals surface area contributed by atoms with Crippen LogP contribution in [0.3, 0.4) is 0 Å². The third-order valence-electron chi connectivity index (χ3n) is 2.68. The Balaban J connectivity index is 2.08. The van der Waals surface area contributed by atoms with Gasteiger partial charge in [0.2, 0.25) is 0 Å². The normalized spacial score (nSPS) is 12.0. The molecule has 2 aromatic rings. The summed E-state index contributed by atoms with van der Waals surface area (Å²) in [5.74, 6) is -0.275. The minimum absolute atomic E-state index is 0.144. The van der Waals surface area contributed by atoms with Crippen molar-refractivity contribution in [3.05, 3.63) is 34.4 Å². The van der Waals surface area contributed by atoms with Crippen molar-refractivity contribution in [1.82, 2.24) is 20.1 Å². The number of carbonyl (C=O) groups excluding carboxylic acids is 1. The Labute approximate surface area is 132 Å². The number of nitrogens with one attached hydrogen (secondary N) is 1. The van der Waals surface area contributed by atoms with Crippen molar-refractivity contribution in [3.8, 4) is 10.6 Å². The largest absolute Gasteiger partial charge is 0.348 e. The molecule has 0 fully saturated rings. The highest BCUT2D eigenvalue weighted by Crippen LogP contribution is 2.27. The minimum Gasteiger partial charge on any atom is -0.348 e. The summed E-state index contributed by atoms with van der Waals surface area (Å²) in [6, 6.07) is 0. The number of rotatable bonds is 5. The highest BCUT2D eigenvalue weighted by Gasteiger charge is 2.16. The summed E-state index contributed by atoms with van der Waals surface area (Å²) >= 11 is 1.28. The topological polar surface area (TPSA) is 93.9 Å². The number of nitrogens with zero attached hydrogens (tertiary/aromatic N) is 3. The third kappa shape index (κ3) is 4.25. The summed E-state index contributed by atoms with van der Waals surface area (Å²) in [5.41, 5.74) is 1.49. The highest BCUT2D eigenvalue weighted by molar-refractivity contribution is 7.93. The van der Waals surface area contributed by atoms with Crippen LogP contribution in [-0.2, 0) is 16.9 Å². The van der Waals surface area contributed by atoms with Gasteiger partial charge in [0.15, 0.2) is 9.84 Å². The van der Waals surface area contributed by atoms with Crippen molar-refractivity contribution in [2.45, 2.75) is 6.92 Å². The van der Waals surface area contributed by atoms with Gasteiger partial charge in [-0.2, -0.15) is 5.10 Å². The van der Waals surface area contributed by atoms with E-state index in [0.717, 1.165) is 22.2 Å². The second-order valence-corrected chi connectivity index (χ2v) is 7.68. The van der Waals surface area contributed by atoms with E-state index < -0.39 is 9.84 Å². The number of carbonyl (C=O) groups is 1. The number of hydrogen-bond acceptors (Lipinski definition) is 6. The molecule has 0 aliphatic rings. The van der Waals surface area contributed by atoms with Crippen LogP contribution in [0.25, 0.3) is 10.6 Å². The minimum atomic E-state index is -3.18. The monoisotopic (exact) mass is 340 g/mol. The number of amides is 1. The van der Waals surface area contributed by atoms with Gasteiger partial charge in [0.25, 0.3) is 5.91 Å². The lowest BCUT2D eigenvalue weighted by Gasteiger charge is -1.99. The summed E-state index contributed by atoms with van der Waals surface area (Å²) in [6.07, 6.45) is 6.01. The fraction of sp³-hybridized carbons (Fsp3) is 0.308. The van der Waals surface area contributed by atoms with Gasteiger partial charge in [-0.15, -0.1) is 11.3 Å². The molecule has 0 aliphatic heterocycles. The van der Waals surface area contributed by atoms with E-state index in [2.05, 4.69) is 15.4 Å². The van der Waals surface area contributed by atoms with Gasteiger partial charge in [0.05, 0.1) is 11.9 Å². The summed E-state index contributed by atoms with van der Waals surface area (Å²) in [7, 11) is -1.36. The highest BCUT2D eigenvalue weighted by atomic mass is 32.2. The molecule has 0 unspecified atom stereocenters. The summed E-state index contributed by atoms with van der Waals surface area (Å²) in [5, 5.41) is 8.51. The molecular formula is C13H16N4O3S2. The van der Waals surface area contributed by atoms with E-state index in [1.165, 1.54) is 17.4 Å². The molecule has 1 amide bonds. The molecule has 2 aromatic heterocycles. The predicted molar refractivity (Wildman–Crippen MR) is 85.4 cm³/mol. The van der Waals surface area contributed by atoms with Gasteiger partial charge in [-0.05, 0) is 6.92 Å². The van der Waals surface area contributed by atoms with Gasteiger partial charge in [0.1, 0.15) is 9.88 Å². The lowest BCUT2D eigenvalue weighted by molar-refractivity contribution is 0.0961. The zero-order chi connectivity index (χ0) is 16.3. The molecule has 118 valence electrons. The van der Waals surface area contributed by atoms with Crippen molar-refractivity contribution < 1.29 is 13.2 Å². The first-order chi connectivity index (χ1) is 10.3. The van der Waals surface area contributed by atoms with Crippen LogP contribution in [0, 0.1) is 6.92 Å². The molecule has 2 rings (SSSR count). The van der Waals surface area contributed by atoms with Gasteiger partial charge in [-0.3, -0.25) is 9.48 Å². The van der Waals surface area contributed by atoms with Crippen LogP contribution in [0.5, 0.6) is 0 Å². The first kappa shape index (κ1) is 16.4.